The summed E-state index contributed by atoms with van der Waals surface area (Å²) in [5.74, 6) is -0.0290. The number of hydrogen-bond donors (Lipinski definition) is 5. The van der Waals surface area contributed by atoms with Crippen LogP contribution in [0.25, 0.3) is 11.1 Å². The summed E-state index contributed by atoms with van der Waals surface area (Å²) in [7, 11) is 0. The lowest BCUT2D eigenvalue weighted by atomic mass is 9.98. The van der Waals surface area contributed by atoms with Gasteiger partial charge in [0.1, 0.15) is 0 Å². The zero-order valence-electron chi connectivity index (χ0n) is 31.0. The number of aliphatic hydroxyl groups excluding tert-OH is 2. The topological polar surface area (TPSA) is 146 Å². The van der Waals surface area contributed by atoms with Crippen LogP contribution in [0.15, 0.2) is 97.1 Å². The third-order valence-electron chi connectivity index (χ3n) is 10.5. The predicted molar refractivity (Wildman–Crippen MR) is 211 cm³/mol. The van der Waals surface area contributed by atoms with Gasteiger partial charge in [-0.2, -0.15) is 0 Å². The van der Waals surface area contributed by atoms with Gasteiger partial charge in [0.05, 0.1) is 36.8 Å². The SMILES string of the molecule is Nc1ccccc1NC(=O)CCCCCCC(=O)NCc1cccc(-c2ccc(C3OC(CN4CCCC4CO)CC(c4ccc(CO)cc4)O3)cc2)c1. The normalized spacial score (nSPS) is 20.1. The van der Waals surface area contributed by atoms with E-state index in [0.29, 0.717) is 37.2 Å². The molecule has 2 heterocycles. The molecule has 0 aliphatic carbocycles. The number of nitrogens with two attached hydrogens (primary N) is 1. The monoisotopic (exact) mass is 734 g/mol. The molecular weight excluding hydrogens is 681 g/mol. The number of likely N-dealkylation sites (tertiary alicyclic amines) is 1. The molecule has 0 aromatic heterocycles. The number of carbonyl (C=O) groups is 2. The van der Waals surface area contributed by atoms with Crippen molar-refractivity contribution in [2.45, 2.75) is 95.5 Å². The number of benzene rings is 4. The molecular formula is C44H54N4O6. The number of hydrogen-bond acceptors (Lipinski definition) is 8. The van der Waals surface area contributed by atoms with Crippen molar-refractivity contribution in [2.75, 3.05) is 30.7 Å². The number of unbranched alkanes of at least 4 members (excludes halogenated alkanes) is 3. The van der Waals surface area contributed by atoms with Gasteiger partial charge in [-0.15, -0.1) is 0 Å². The largest absolute Gasteiger partial charge is 0.397 e. The molecule has 2 amide bonds. The summed E-state index contributed by atoms with van der Waals surface area (Å²) >= 11 is 0. The van der Waals surface area contributed by atoms with Crippen molar-refractivity contribution in [1.29, 1.82) is 0 Å². The number of ether oxygens (including phenoxy) is 2. The van der Waals surface area contributed by atoms with Crippen LogP contribution in [-0.2, 0) is 32.2 Å². The first kappa shape index (κ1) is 39.1. The van der Waals surface area contributed by atoms with Gasteiger partial charge < -0.3 is 36.1 Å². The fraction of sp³-hybridized carbons (Fsp3) is 0.409. The first-order chi connectivity index (χ1) is 26.4. The van der Waals surface area contributed by atoms with Gasteiger partial charge in [-0.1, -0.05) is 91.7 Å². The number of aliphatic hydroxyl groups is 2. The molecule has 6 N–H and O–H groups in total. The molecule has 10 nitrogen and oxygen atoms in total. The molecule has 4 aromatic carbocycles. The van der Waals surface area contributed by atoms with Crippen LogP contribution in [0.4, 0.5) is 11.4 Å². The number of nitrogens with zero attached hydrogens (tertiary/aromatic N) is 1. The number of amides is 2. The number of carbonyl (C=O) groups excluding carboxylic acids is 2. The van der Waals surface area contributed by atoms with E-state index in [4.69, 9.17) is 15.2 Å². The molecule has 2 aliphatic rings. The summed E-state index contributed by atoms with van der Waals surface area (Å²) in [4.78, 5) is 27.1. The lowest BCUT2D eigenvalue weighted by Gasteiger charge is -2.38. The van der Waals surface area contributed by atoms with Crippen molar-refractivity contribution >= 4 is 23.2 Å². The first-order valence-corrected chi connectivity index (χ1v) is 19.3. The molecule has 4 unspecified atom stereocenters. The van der Waals surface area contributed by atoms with Crippen LogP contribution in [0.2, 0.25) is 0 Å². The molecule has 0 spiro atoms. The average Bonchev–Trinajstić information content (AvgIpc) is 3.66. The van der Waals surface area contributed by atoms with Gasteiger partial charge in [-0.05, 0) is 78.2 Å². The number of rotatable bonds is 17. The van der Waals surface area contributed by atoms with Gasteiger partial charge in [0.2, 0.25) is 11.8 Å². The van der Waals surface area contributed by atoms with Gasteiger partial charge in [0, 0.05) is 44.0 Å². The number of nitrogen functional groups attached to an aromatic ring is 1. The third kappa shape index (κ3) is 11.0. The Bertz CT molecular complexity index is 1800. The van der Waals surface area contributed by atoms with Gasteiger partial charge in [-0.25, -0.2) is 0 Å². The highest BCUT2D eigenvalue weighted by atomic mass is 16.7. The lowest BCUT2D eigenvalue weighted by Crippen LogP contribution is -2.42. The summed E-state index contributed by atoms with van der Waals surface area (Å²) < 4.78 is 13.1. The minimum absolute atomic E-state index is 0.000236. The molecule has 6 rings (SSSR count). The predicted octanol–water partition coefficient (Wildman–Crippen LogP) is 7.03. The Balaban J connectivity index is 0.979. The molecule has 286 valence electrons. The maximum absolute atomic E-state index is 12.6. The highest BCUT2D eigenvalue weighted by Gasteiger charge is 2.35. The Kier molecular flexibility index (Phi) is 14.2. The summed E-state index contributed by atoms with van der Waals surface area (Å²) in [6, 6.07) is 31.8. The molecule has 0 bridgehead atoms. The summed E-state index contributed by atoms with van der Waals surface area (Å²) in [6.45, 7) is 2.31. The maximum atomic E-state index is 12.6. The molecule has 0 radical (unpaired) electrons. The van der Waals surface area contributed by atoms with Crippen LogP contribution >= 0.6 is 0 Å². The second-order valence-corrected chi connectivity index (χ2v) is 14.5. The minimum atomic E-state index is -0.545. The molecule has 54 heavy (non-hydrogen) atoms. The Morgan fingerprint density at radius 1 is 0.778 bits per heavy atom. The van der Waals surface area contributed by atoms with Gasteiger partial charge in [0.15, 0.2) is 6.29 Å². The summed E-state index contributed by atoms with van der Waals surface area (Å²) in [6.07, 6.45) is 6.20. The summed E-state index contributed by atoms with van der Waals surface area (Å²) in [5.41, 5.74) is 13.1. The first-order valence-electron chi connectivity index (χ1n) is 19.3. The van der Waals surface area contributed by atoms with E-state index >= 15 is 0 Å². The van der Waals surface area contributed by atoms with Crippen LogP contribution in [-0.4, -0.2) is 58.8 Å². The van der Waals surface area contributed by atoms with Crippen molar-refractivity contribution < 1.29 is 29.3 Å². The number of para-hydroxylation sites is 2. The van der Waals surface area contributed by atoms with Crippen molar-refractivity contribution in [3.8, 4) is 11.1 Å². The fourth-order valence-corrected chi connectivity index (χ4v) is 7.37. The molecule has 4 atom stereocenters. The molecule has 2 saturated heterocycles. The van der Waals surface area contributed by atoms with Crippen molar-refractivity contribution in [2.24, 2.45) is 0 Å². The van der Waals surface area contributed by atoms with Crippen molar-refractivity contribution in [3.63, 3.8) is 0 Å². The quantitative estimate of drug-likeness (QED) is 0.0575. The second-order valence-electron chi connectivity index (χ2n) is 14.5. The Labute approximate surface area is 318 Å². The van der Waals surface area contributed by atoms with Gasteiger partial charge in [0.25, 0.3) is 0 Å². The Morgan fingerprint density at radius 2 is 1.52 bits per heavy atom. The van der Waals surface area contributed by atoms with E-state index in [9.17, 15) is 19.8 Å². The fourth-order valence-electron chi connectivity index (χ4n) is 7.37. The van der Waals surface area contributed by atoms with Crippen LogP contribution in [0.5, 0.6) is 0 Å². The molecule has 10 heteroatoms. The van der Waals surface area contributed by atoms with Gasteiger partial charge >= 0.3 is 0 Å². The third-order valence-corrected chi connectivity index (χ3v) is 10.5. The van der Waals surface area contributed by atoms with Crippen LogP contribution in [0.3, 0.4) is 0 Å². The second kappa shape index (κ2) is 19.7. The highest BCUT2D eigenvalue weighted by Crippen LogP contribution is 2.39. The highest BCUT2D eigenvalue weighted by molar-refractivity contribution is 5.93. The lowest BCUT2D eigenvalue weighted by molar-refractivity contribution is -0.253. The van der Waals surface area contributed by atoms with Crippen molar-refractivity contribution in [1.82, 2.24) is 10.2 Å². The van der Waals surface area contributed by atoms with Crippen LogP contribution < -0.4 is 16.4 Å². The Hall–Kier alpha value is -4.58. The van der Waals surface area contributed by atoms with E-state index in [1.54, 1.807) is 12.1 Å². The van der Waals surface area contributed by atoms with E-state index in [2.05, 4.69) is 51.9 Å². The van der Waals surface area contributed by atoms with E-state index in [0.717, 1.165) is 85.0 Å². The van der Waals surface area contributed by atoms with E-state index < -0.39 is 6.29 Å². The zero-order valence-corrected chi connectivity index (χ0v) is 31.0. The zero-order chi connectivity index (χ0) is 37.7. The molecule has 2 aliphatic heterocycles. The van der Waals surface area contributed by atoms with Crippen LogP contribution in [0, 0.1) is 0 Å². The number of nitrogens with one attached hydrogen (secondary N) is 2. The Morgan fingerprint density at radius 3 is 2.26 bits per heavy atom. The minimum Gasteiger partial charge on any atom is -0.397 e. The van der Waals surface area contributed by atoms with E-state index in [1.165, 1.54) is 0 Å². The smallest absolute Gasteiger partial charge is 0.224 e. The number of anilines is 2. The molecule has 2 fully saturated rings. The van der Waals surface area contributed by atoms with E-state index in [1.807, 2.05) is 48.5 Å². The maximum Gasteiger partial charge on any atom is 0.224 e. The molecule has 0 saturated carbocycles. The van der Waals surface area contributed by atoms with E-state index in [-0.39, 0.29) is 43.3 Å². The van der Waals surface area contributed by atoms with Gasteiger partial charge in [-0.3, -0.25) is 14.5 Å². The van der Waals surface area contributed by atoms with Crippen LogP contribution in [0.1, 0.15) is 92.4 Å². The average molecular weight is 735 g/mol. The van der Waals surface area contributed by atoms with Crippen molar-refractivity contribution in [3.05, 3.63) is 119 Å². The standard InChI is InChI=1S/C44H54N4O6/c45-39-12-5-6-13-40(39)47-43(52)15-4-2-1-3-14-42(51)46-27-32-9-7-10-36(25-32)33-20-22-35(23-21-33)44-53-38(28-48-24-8-11-37(48)30-50)26-41(54-44)34-18-16-31(29-49)17-19-34/h5-7,9-10,12-13,16-23,25,37-38,41,44,49-50H,1-4,8,11,14-15,24,26-30,45H2,(H,46,51)(H,47,52). The molecule has 4 aromatic rings. The summed E-state index contributed by atoms with van der Waals surface area (Å²) in [5, 5.41) is 25.4.